The topological polar surface area (TPSA) is 114 Å². The van der Waals surface area contributed by atoms with E-state index in [0.717, 1.165) is 12.1 Å². The molecule has 3 heterocycles. The molecule has 3 N–H and O–H groups in total. The molecule has 0 spiro atoms. The second-order valence-corrected chi connectivity index (χ2v) is 10.4. The number of nitrogens with one attached hydrogen (secondary N) is 1. The number of primary amides is 1. The fourth-order valence-electron chi connectivity index (χ4n) is 5.80. The van der Waals surface area contributed by atoms with Crippen LogP contribution in [-0.4, -0.2) is 51.9 Å². The summed E-state index contributed by atoms with van der Waals surface area (Å²) >= 11 is 0. The molecule has 1 aliphatic carbocycles. The Kier molecular flexibility index (Phi) is 7.63. The molecule has 1 saturated heterocycles. The molecule has 12 heteroatoms. The lowest BCUT2D eigenvalue weighted by atomic mass is 9.79. The number of halogens is 4. The normalized spacial score (nSPS) is 23.7. The molecule has 212 valence electrons. The molecule has 0 radical (unpaired) electrons. The van der Waals surface area contributed by atoms with E-state index in [1.54, 1.807) is 12.1 Å². The number of pyridine rings is 1. The molecule has 2 aliphatic rings. The SMILES string of the molecule is NC(=O)c1cccc(C(F)(F)F)c1CC(=O)N[C@@H]1CCN(C2CCC(F)(c3ccc(-c4ncco4)nc3)CC2)C1. The summed E-state index contributed by atoms with van der Waals surface area (Å²) in [4.78, 5) is 35.0. The Balaban J connectivity index is 1.16. The van der Waals surface area contributed by atoms with Crippen LogP contribution in [0.3, 0.4) is 0 Å². The Morgan fingerprint density at radius 1 is 1.12 bits per heavy atom. The summed E-state index contributed by atoms with van der Waals surface area (Å²) in [6.07, 6.45) is 1.69. The van der Waals surface area contributed by atoms with E-state index < -0.39 is 41.2 Å². The van der Waals surface area contributed by atoms with Crippen molar-refractivity contribution in [3.8, 4) is 11.6 Å². The molecule has 2 fully saturated rings. The molecule has 5 rings (SSSR count). The van der Waals surface area contributed by atoms with Crippen LogP contribution >= 0.6 is 0 Å². The van der Waals surface area contributed by atoms with Crippen LogP contribution in [0, 0.1) is 0 Å². The van der Waals surface area contributed by atoms with Gasteiger partial charge in [0, 0.05) is 42.5 Å². The molecule has 0 unspecified atom stereocenters. The number of alkyl halides is 4. The first-order valence-corrected chi connectivity index (χ1v) is 13.1. The van der Waals surface area contributed by atoms with Crippen molar-refractivity contribution in [2.24, 2.45) is 5.73 Å². The van der Waals surface area contributed by atoms with Crippen LogP contribution in [0.25, 0.3) is 11.6 Å². The number of rotatable bonds is 7. The lowest BCUT2D eigenvalue weighted by Gasteiger charge is -2.38. The van der Waals surface area contributed by atoms with Gasteiger partial charge in [-0.1, -0.05) is 12.1 Å². The van der Waals surface area contributed by atoms with Crippen LogP contribution in [0.2, 0.25) is 0 Å². The number of carbonyl (C=O) groups excluding carboxylic acids is 2. The molecule has 8 nitrogen and oxygen atoms in total. The van der Waals surface area contributed by atoms with Gasteiger partial charge >= 0.3 is 6.18 Å². The lowest BCUT2D eigenvalue weighted by Crippen LogP contribution is -2.43. The predicted octanol–water partition coefficient (Wildman–Crippen LogP) is 4.39. The van der Waals surface area contributed by atoms with Gasteiger partial charge in [0.2, 0.25) is 17.7 Å². The molecule has 1 saturated carbocycles. The van der Waals surface area contributed by atoms with Crippen molar-refractivity contribution in [2.75, 3.05) is 13.1 Å². The maximum Gasteiger partial charge on any atom is 0.416 e. The van der Waals surface area contributed by atoms with Crippen molar-refractivity contribution in [1.29, 1.82) is 0 Å². The number of oxazole rings is 1. The molecular weight excluding hydrogens is 530 g/mol. The zero-order valence-electron chi connectivity index (χ0n) is 21.6. The summed E-state index contributed by atoms with van der Waals surface area (Å²) in [5, 5.41) is 2.80. The first-order chi connectivity index (χ1) is 19.0. The second-order valence-electron chi connectivity index (χ2n) is 10.4. The fraction of sp³-hybridized carbons (Fsp3) is 0.429. The third kappa shape index (κ3) is 5.86. The third-order valence-corrected chi connectivity index (χ3v) is 7.87. The standard InChI is InChI=1S/C28H29F4N5O3/c29-27(17-4-5-23(35-15-17)26-34-11-13-40-26)9-6-19(7-10-27)37-12-8-18(16-37)36-24(38)14-21-20(25(33)39)2-1-3-22(21)28(30,31)32/h1-5,11,13,15,18-19H,6-10,12,14,16H2,(H2,33,39)(H,36,38)/t18-,19?,27?/m1/s1. The third-order valence-electron chi connectivity index (χ3n) is 7.87. The number of nitrogens with zero attached hydrogens (tertiary/aromatic N) is 3. The van der Waals surface area contributed by atoms with Crippen LogP contribution in [0.15, 0.2) is 53.4 Å². The second kappa shape index (κ2) is 11.0. The van der Waals surface area contributed by atoms with Gasteiger partial charge in [0.15, 0.2) is 0 Å². The van der Waals surface area contributed by atoms with Crippen molar-refractivity contribution >= 4 is 11.8 Å². The highest BCUT2D eigenvalue weighted by Gasteiger charge is 2.41. The largest absolute Gasteiger partial charge is 0.443 e. The molecule has 1 aromatic carbocycles. The number of likely N-dealkylation sites (tertiary alicyclic amines) is 1. The van der Waals surface area contributed by atoms with E-state index in [1.807, 2.05) is 0 Å². The summed E-state index contributed by atoms with van der Waals surface area (Å²) in [6, 6.07) is 6.41. The number of nitrogens with two attached hydrogens (primary N) is 1. The highest BCUT2D eigenvalue weighted by Crippen LogP contribution is 2.42. The average Bonchev–Trinajstić information content (AvgIpc) is 3.61. The Bertz CT molecular complexity index is 1350. The summed E-state index contributed by atoms with van der Waals surface area (Å²) in [5.41, 5.74) is 3.03. The van der Waals surface area contributed by atoms with Crippen molar-refractivity contribution in [3.63, 3.8) is 0 Å². The quantitative estimate of drug-likeness (QED) is 0.415. The minimum Gasteiger partial charge on any atom is -0.443 e. The van der Waals surface area contributed by atoms with Crippen LogP contribution in [0.5, 0.6) is 0 Å². The summed E-state index contributed by atoms with van der Waals surface area (Å²) < 4.78 is 61.6. The first-order valence-electron chi connectivity index (χ1n) is 13.1. The number of carbonyl (C=O) groups is 2. The smallest absolute Gasteiger partial charge is 0.416 e. The van der Waals surface area contributed by atoms with Crippen molar-refractivity contribution in [2.45, 2.75) is 62.5 Å². The van der Waals surface area contributed by atoms with E-state index in [-0.39, 0.29) is 17.6 Å². The number of aromatic nitrogens is 2. The summed E-state index contributed by atoms with van der Waals surface area (Å²) in [5.74, 6) is -1.27. The Hall–Kier alpha value is -3.80. The van der Waals surface area contributed by atoms with Gasteiger partial charge in [-0.05, 0) is 55.9 Å². The molecule has 40 heavy (non-hydrogen) atoms. The van der Waals surface area contributed by atoms with E-state index in [9.17, 15) is 22.8 Å². The Morgan fingerprint density at radius 3 is 2.52 bits per heavy atom. The molecular formula is C28H29F4N5O3. The molecule has 3 aromatic rings. The van der Waals surface area contributed by atoms with E-state index in [2.05, 4.69) is 20.2 Å². The van der Waals surface area contributed by atoms with Gasteiger partial charge in [-0.2, -0.15) is 13.2 Å². The van der Waals surface area contributed by atoms with Crippen molar-refractivity contribution in [1.82, 2.24) is 20.2 Å². The molecule has 2 aromatic heterocycles. The molecule has 2 amide bonds. The average molecular weight is 560 g/mol. The van der Waals surface area contributed by atoms with E-state index in [4.69, 9.17) is 10.2 Å². The van der Waals surface area contributed by atoms with Crippen molar-refractivity contribution in [3.05, 3.63) is 71.2 Å². The summed E-state index contributed by atoms with van der Waals surface area (Å²) in [7, 11) is 0. The number of hydrogen-bond acceptors (Lipinski definition) is 6. The first kappa shape index (κ1) is 27.8. The minimum absolute atomic E-state index is 0.137. The van der Waals surface area contributed by atoms with Crippen LogP contribution in [0.4, 0.5) is 17.6 Å². The zero-order chi connectivity index (χ0) is 28.5. The van der Waals surface area contributed by atoms with Gasteiger partial charge in [-0.25, -0.2) is 9.37 Å². The number of amides is 2. The van der Waals surface area contributed by atoms with Crippen LogP contribution < -0.4 is 11.1 Å². The van der Waals surface area contributed by atoms with E-state index in [0.29, 0.717) is 62.3 Å². The Morgan fingerprint density at radius 2 is 1.90 bits per heavy atom. The molecule has 1 aliphatic heterocycles. The van der Waals surface area contributed by atoms with Gasteiger partial charge in [-0.15, -0.1) is 0 Å². The molecule has 0 bridgehead atoms. The highest BCUT2D eigenvalue weighted by molar-refractivity contribution is 5.96. The van der Waals surface area contributed by atoms with Gasteiger partial charge in [0.25, 0.3) is 0 Å². The Labute approximate surface area is 228 Å². The van der Waals surface area contributed by atoms with Crippen LogP contribution in [-0.2, 0) is 23.1 Å². The van der Waals surface area contributed by atoms with Gasteiger partial charge in [0.1, 0.15) is 17.6 Å². The lowest BCUT2D eigenvalue weighted by molar-refractivity contribution is -0.138. The minimum atomic E-state index is -4.73. The van der Waals surface area contributed by atoms with Gasteiger partial charge < -0.3 is 15.5 Å². The van der Waals surface area contributed by atoms with Crippen molar-refractivity contribution < 1.29 is 31.6 Å². The highest BCUT2D eigenvalue weighted by atomic mass is 19.4. The summed E-state index contributed by atoms with van der Waals surface area (Å²) in [6.45, 7) is 1.21. The molecule has 1 atom stereocenters. The maximum atomic E-state index is 15.8. The number of hydrogen-bond donors (Lipinski definition) is 2. The monoisotopic (exact) mass is 559 g/mol. The predicted molar refractivity (Wildman–Crippen MR) is 137 cm³/mol. The van der Waals surface area contributed by atoms with E-state index >= 15 is 4.39 Å². The fourth-order valence-corrected chi connectivity index (χ4v) is 5.80. The number of benzene rings is 1. The van der Waals surface area contributed by atoms with E-state index in [1.165, 1.54) is 24.7 Å². The van der Waals surface area contributed by atoms with Crippen LogP contribution in [0.1, 0.15) is 59.2 Å². The van der Waals surface area contributed by atoms with Gasteiger partial charge in [-0.3, -0.25) is 19.5 Å². The van der Waals surface area contributed by atoms with Gasteiger partial charge in [0.05, 0.1) is 18.2 Å². The zero-order valence-corrected chi connectivity index (χ0v) is 21.6. The maximum absolute atomic E-state index is 15.8.